The van der Waals surface area contributed by atoms with Crippen LogP contribution in [-0.2, 0) is 9.47 Å². The number of hydrogen-bond donors (Lipinski definition) is 0. The Morgan fingerprint density at radius 3 is 1.90 bits per heavy atom. The molecule has 5 rings (SSSR count). The van der Waals surface area contributed by atoms with Crippen LogP contribution < -0.4 is 0 Å². The predicted molar refractivity (Wildman–Crippen MR) is 116 cm³/mol. The second-order valence-electron chi connectivity index (χ2n) is 10.0. The number of carbonyl (C=O) groups excluding carboxylic acids is 2. The van der Waals surface area contributed by atoms with Gasteiger partial charge in [-0.2, -0.15) is 0 Å². The van der Waals surface area contributed by atoms with E-state index in [2.05, 4.69) is 6.92 Å². The highest BCUT2D eigenvalue weighted by Gasteiger charge is 2.50. The molecule has 0 aromatic heterocycles. The quantitative estimate of drug-likeness (QED) is 0.340. The van der Waals surface area contributed by atoms with Crippen molar-refractivity contribution in [3.8, 4) is 0 Å². The number of unbranched alkanes of at least 4 members (excludes halogenated alkanes) is 3. The number of carbonyl (C=O) groups is 2. The fourth-order valence-electron chi connectivity index (χ4n) is 6.64. The molecule has 0 unspecified atom stereocenters. The van der Waals surface area contributed by atoms with Crippen molar-refractivity contribution >= 4 is 11.9 Å². The van der Waals surface area contributed by atoms with E-state index in [1.54, 1.807) is 24.3 Å². The van der Waals surface area contributed by atoms with Crippen LogP contribution in [0.25, 0.3) is 0 Å². The average Bonchev–Trinajstić information content (AvgIpc) is 2.72. The lowest BCUT2D eigenvalue weighted by molar-refractivity contribution is -0.0653. The van der Waals surface area contributed by atoms with E-state index in [4.69, 9.17) is 9.47 Å². The van der Waals surface area contributed by atoms with Gasteiger partial charge in [0.25, 0.3) is 0 Å². The standard InChI is InChI=1S/C26H36O4/c1-2-3-4-7-11-29-24(27)22-8-5-6-9-23(22)25(28)30-12-10-26-16-19-13-20(17-26)15-21(14-19)18-26/h5-6,8-9,19-21H,2-4,7,10-18H2,1H3. The summed E-state index contributed by atoms with van der Waals surface area (Å²) in [6.45, 7) is 3.00. The molecule has 4 heteroatoms. The summed E-state index contributed by atoms with van der Waals surface area (Å²) in [5.41, 5.74) is 1.03. The van der Waals surface area contributed by atoms with E-state index >= 15 is 0 Å². The van der Waals surface area contributed by atoms with Crippen molar-refractivity contribution in [1.82, 2.24) is 0 Å². The van der Waals surface area contributed by atoms with E-state index in [0.717, 1.165) is 49.9 Å². The van der Waals surface area contributed by atoms with Crippen LogP contribution in [0.4, 0.5) is 0 Å². The van der Waals surface area contributed by atoms with Gasteiger partial charge in [-0.15, -0.1) is 0 Å². The third-order valence-corrected chi connectivity index (χ3v) is 7.63. The molecule has 0 saturated heterocycles. The fourth-order valence-corrected chi connectivity index (χ4v) is 6.64. The summed E-state index contributed by atoms with van der Waals surface area (Å²) in [6.07, 6.45) is 13.4. The smallest absolute Gasteiger partial charge is 0.339 e. The second-order valence-corrected chi connectivity index (χ2v) is 10.0. The lowest BCUT2D eigenvalue weighted by atomic mass is 9.49. The number of esters is 2. The topological polar surface area (TPSA) is 52.6 Å². The van der Waals surface area contributed by atoms with Gasteiger partial charge in [-0.1, -0.05) is 38.3 Å². The van der Waals surface area contributed by atoms with Gasteiger partial charge in [0.15, 0.2) is 0 Å². The molecule has 30 heavy (non-hydrogen) atoms. The Balaban J connectivity index is 1.29. The minimum Gasteiger partial charge on any atom is -0.462 e. The molecule has 164 valence electrons. The molecule has 0 amide bonds. The lowest BCUT2D eigenvalue weighted by Gasteiger charge is -2.57. The summed E-state index contributed by atoms with van der Waals surface area (Å²) < 4.78 is 11.1. The van der Waals surface area contributed by atoms with Gasteiger partial charge in [-0.05, 0) is 86.7 Å². The van der Waals surface area contributed by atoms with Crippen LogP contribution in [0.15, 0.2) is 24.3 Å². The second kappa shape index (κ2) is 9.53. The first-order valence-electron chi connectivity index (χ1n) is 12.0. The maximum Gasteiger partial charge on any atom is 0.339 e. The molecule has 4 fully saturated rings. The number of ether oxygens (including phenoxy) is 2. The summed E-state index contributed by atoms with van der Waals surface area (Å²) in [7, 11) is 0. The first kappa shape index (κ1) is 21.4. The molecule has 1 aromatic rings. The summed E-state index contributed by atoms with van der Waals surface area (Å²) in [5.74, 6) is 1.87. The average molecular weight is 413 g/mol. The highest BCUT2D eigenvalue weighted by atomic mass is 16.5. The van der Waals surface area contributed by atoms with E-state index in [1.165, 1.54) is 38.5 Å². The summed E-state index contributed by atoms with van der Waals surface area (Å²) in [6, 6.07) is 6.86. The minimum atomic E-state index is -0.430. The molecule has 4 aliphatic carbocycles. The zero-order valence-electron chi connectivity index (χ0n) is 18.4. The maximum absolute atomic E-state index is 12.7. The molecule has 4 aliphatic rings. The molecule has 0 heterocycles. The van der Waals surface area contributed by atoms with Crippen molar-refractivity contribution in [3.63, 3.8) is 0 Å². The van der Waals surface area contributed by atoms with E-state index < -0.39 is 11.9 Å². The largest absolute Gasteiger partial charge is 0.462 e. The van der Waals surface area contributed by atoms with Crippen LogP contribution in [0.1, 0.15) is 98.3 Å². The van der Waals surface area contributed by atoms with Crippen molar-refractivity contribution in [3.05, 3.63) is 35.4 Å². The van der Waals surface area contributed by atoms with Crippen molar-refractivity contribution < 1.29 is 19.1 Å². The van der Waals surface area contributed by atoms with Crippen LogP contribution in [0.5, 0.6) is 0 Å². The van der Waals surface area contributed by atoms with Gasteiger partial charge in [-0.3, -0.25) is 0 Å². The van der Waals surface area contributed by atoms with E-state index in [0.29, 0.717) is 29.8 Å². The first-order chi connectivity index (χ1) is 14.6. The third-order valence-electron chi connectivity index (χ3n) is 7.63. The molecule has 0 atom stereocenters. The molecule has 4 saturated carbocycles. The van der Waals surface area contributed by atoms with Crippen LogP contribution in [0, 0.1) is 23.2 Å². The molecule has 4 nitrogen and oxygen atoms in total. The highest BCUT2D eigenvalue weighted by molar-refractivity contribution is 6.03. The highest BCUT2D eigenvalue weighted by Crippen LogP contribution is 2.61. The van der Waals surface area contributed by atoms with Crippen molar-refractivity contribution in [2.75, 3.05) is 13.2 Å². The molecular formula is C26H36O4. The summed E-state index contributed by atoms with van der Waals surface area (Å²) in [4.78, 5) is 25.2. The van der Waals surface area contributed by atoms with Gasteiger partial charge >= 0.3 is 11.9 Å². The molecule has 0 spiro atoms. The first-order valence-corrected chi connectivity index (χ1v) is 12.0. The Kier molecular flexibility index (Phi) is 6.80. The van der Waals surface area contributed by atoms with Gasteiger partial charge in [-0.25, -0.2) is 9.59 Å². The Morgan fingerprint density at radius 2 is 1.37 bits per heavy atom. The lowest BCUT2D eigenvalue weighted by Crippen LogP contribution is -2.46. The van der Waals surface area contributed by atoms with E-state index in [-0.39, 0.29) is 0 Å². The number of rotatable bonds is 10. The van der Waals surface area contributed by atoms with Crippen LogP contribution in [0.3, 0.4) is 0 Å². The zero-order valence-corrected chi connectivity index (χ0v) is 18.4. The Hall–Kier alpha value is -1.84. The number of benzene rings is 1. The van der Waals surface area contributed by atoms with E-state index in [9.17, 15) is 9.59 Å². The summed E-state index contributed by atoms with van der Waals surface area (Å²) in [5, 5.41) is 0. The van der Waals surface area contributed by atoms with Crippen LogP contribution in [0.2, 0.25) is 0 Å². The van der Waals surface area contributed by atoms with Crippen molar-refractivity contribution in [2.45, 2.75) is 77.6 Å². The van der Waals surface area contributed by atoms with Gasteiger partial charge in [0.2, 0.25) is 0 Å². The Bertz CT molecular complexity index is 718. The Labute approximate surface area is 180 Å². The molecule has 1 aromatic carbocycles. The van der Waals surface area contributed by atoms with Crippen LogP contribution >= 0.6 is 0 Å². The van der Waals surface area contributed by atoms with Crippen LogP contribution in [-0.4, -0.2) is 25.2 Å². The normalized spacial score (nSPS) is 29.0. The van der Waals surface area contributed by atoms with Gasteiger partial charge in [0, 0.05) is 0 Å². The van der Waals surface area contributed by atoms with Gasteiger partial charge in [0.1, 0.15) is 0 Å². The summed E-state index contributed by atoms with van der Waals surface area (Å²) >= 11 is 0. The molecule has 0 aliphatic heterocycles. The Morgan fingerprint density at radius 1 is 0.833 bits per heavy atom. The van der Waals surface area contributed by atoms with Crippen molar-refractivity contribution in [1.29, 1.82) is 0 Å². The van der Waals surface area contributed by atoms with E-state index in [1.807, 2.05) is 0 Å². The number of hydrogen-bond acceptors (Lipinski definition) is 4. The predicted octanol–water partition coefficient (Wildman–Crippen LogP) is 6.19. The zero-order chi connectivity index (χ0) is 21.0. The SMILES string of the molecule is CCCCCCOC(=O)c1ccccc1C(=O)OCCC12CC3CC(CC(C3)C1)C2. The maximum atomic E-state index is 12.7. The third kappa shape index (κ3) is 4.90. The fraction of sp³-hybridized carbons (Fsp3) is 0.692. The van der Waals surface area contributed by atoms with Crippen molar-refractivity contribution in [2.24, 2.45) is 23.2 Å². The molecule has 4 bridgehead atoms. The molecule has 0 radical (unpaired) electrons. The van der Waals surface area contributed by atoms with Gasteiger partial charge in [0.05, 0.1) is 24.3 Å². The molecule has 0 N–H and O–H groups in total. The molecular weight excluding hydrogens is 376 g/mol. The van der Waals surface area contributed by atoms with Gasteiger partial charge < -0.3 is 9.47 Å². The monoisotopic (exact) mass is 412 g/mol. The minimum absolute atomic E-state index is 0.313.